The highest BCUT2D eigenvalue weighted by molar-refractivity contribution is 7.11. The molecule has 5 heteroatoms. The van der Waals surface area contributed by atoms with E-state index < -0.39 is 0 Å². The maximum atomic E-state index is 9.54. The first-order valence-electron chi connectivity index (χ1n) is 8.26. The second kappa shape index (κ2) is 8.18. The summed E-state index contributed by atoms with van der Waals surface area (Å²) in [5.41, 5.74) is 4.54. The van der Waals surface area contributed by atoms with E-state index in [4.69, 9.17) is 11.6 Å². The normalized spacial score (nSPS) is 11.4. The molecule has 0 aliphatic carbocycles. The van der Waals surface area contributed by atoms with Gasteiger partial charge in [-0.2, -0.15) is 5.26 Å². The minimum absolute atomic E-state index is 0.397. The number of nitrogens with one attached hydrogen (secondary N) is 1. The van der Waals surface area contributed by atoms with E-state index in [9.17, 15) is 5.26 Å². The molecule has 1 N–H and O–H groups in total. The van der Waals surface area contributed by atoms with E-state index in [-0.39, 0.29) is 0 Å². The van der Waals surface area contributed by atoms with Crippen molar-refractivity contribution in [1.29, 1.82) is 5.26 Å². The zero-order chi connectivity index (χ0) is 18.5. The molecule has 3 rings (SSSR count). The van der Waals surface area contributed by atoms with Crippen molar-refractivity contribution < 1.29 is 0 Å². The third kappa shape index (κ3) is 4.13. The van der Waals surface area contributed by atoms with Gasteiger partial charge in [-0.15, -0.1) is 11.3 Å². The summed E-state index contributed by atoms with van der Waals surface area (Å²) in [6, 6.07) is 17.9. The quantitative estimate of drug-likeness (QED) is 0.510. The Hall–Kier alpha value is -2.61. The zero-order valence-electron chi connectivity index (χ0n) is 14.5. The van der Waals surface area contributed by atoms with Gasteiger partial charge in [-0.1, -0.05) is 55.8 Å². The highest BCUT2D eigenvalue weighted by Gasteiger charge is 2.10. The summed E-state index contributed by atoms with van der Waals surface area (Å²) in [7, 11) is 0. The van der Waals surface area contributed by atoms with Gasteiger partial charge in [0, 0.05) is 27.9 Å². The van der Waals surface area contributed by atoms with Gasteiger partial charge < -0.3 is 5.32 Å². The molecule has 26 heavy (non-hydrogen) atoms. The molecular weight excluding hydrogens is 362 g/mol. The first-order valence-corrected chi connectivity index (χ1v) is 9.52. The molecule has 0 aliphatic heterocycles. The van der Waals surface area contributed by atoms with E-state index in [1.165, 1.54) is 16.9 Å². The zero-order valence-corrected chi connectivity index (χ0v) is 16.1. The van der Waals surface area contributed by atoms with Crippen LogP contribution in [-0.2, 0) is 0 Å². The van der Waals surface area contributed by atoms with Crippen LogP contribution in [-0.4, -0.2) is 4.98 Å². The van der Waals surface area contributed by atoms with E-state index in [0.717, 1.165) is 16.9 Å². The van der Waals surface area contributed by atoms with Crippen molar-refractivity contribution in [3.63, 3.8) is 0 Å². The Morgan fingerprint density at radius 1 is 1.19 bits per heavy atom. The molecule has 0 amide bonds. The summed E-state index contributed by atoms with van der Waals surface area (Å²) in [5.74, 6) is 0.397. The van der Waals surface area contributed by atoms with E-state index in [2.05, 4.69) is 36.3 Å². The van der Waals surface area contributed by atoms with Crippen molar-refractivity contribution in [2.45, 2.75) is 19.8 Å². The fourth-order valence-corrected chi connectivity index (χ4v) is 3.49. The molecule has 0 radical (unpaired) electrons. The van der Waals surface area contributed by atoms with Crippen LogP contribution in [0.2, 0.25) is 5.02 Å². The van der Waals surface area contributed by atoms with E-state index in [0.29, 0.717) is 21.5 Å². The topological polar surface area (TPSA) is 48.7 Å². The minimum Gasteiger partial charge on any atom is -0.360 e. The SMILES string of the molecule is CC(C)c1ccccc1NC=C(C#N)c1nc(-c2ccc(Cl)cc2)cs1. The first-order chi connectivity index (χ1) is 12.6. The molecule has 0 saturated heterocycles. The molecule has 0 atom stereocenters. The van der Waals surface area contributed by atoms with Gasteiger partial charge in [-0.25, -0.2) is 4.98 Å². The van der Waals surface area contributed by atoms with Crippen molar-refractivity contribution in [2.75, 3.05) is 5.32 Å². The van der Waals surface area contributed by atoms with Crippen molar-refractivity contribution >= 4 is 34.2 Å². The van der Waals surface area contributed by atoms with E-state index in [1.54, 1.807) is 6.20 Å². The lowest BCUT2D eigenvalue weighted by molar-refractivity contribution is 0.869. The molecule has 1 aromatic heterocycles. The summed E-state index contributed by atoms with van der Waals surface area (Å²) in [6.45, 7) is 4.29. The molecule has 1 heterocycles. The van der Waals surface area contributed by atoms with Crippen LogP contribution >= 0.6 is 22.9 Å². The van der Waals surface area contributed by atoms with E-state index >= 15 is 0 Å². The second-order valence-electron chi connectivity index (χ2n) is 6.10. The molecule has 0 saturated carbocycles. The Morgan fingerprint density at radius 2 is 1.92 bits per heavy atom. The fourth-order valence-electron chi connectivity index (χ4n) is 2.57. The number of aromatic nitrogens is 1. The van der Waals surface area contributed by atoms with Crippen LogP contribution in [0.1, 0.15) is 30.3 Å². The highest BCUT2D eigenvalue weighted by Crippen LogP contribution is 2.28. The Kier molecular flexibility index (Phi) is 5.72. The van der Waals surface area contributed by atoms with Crippen molar-refractivity contribution in [3.05, 3.63) is 75.7 Å². The van der Waals surface area contributed by atoms with Crippen molar-refractivity contribution in [3.8, 4) is 17.3 Å². The number of halogens is 1. The van der Waals surface area contributed by atoms with Crippen LogP contribution in [0.15, 0.2) is 60.1 Å². The number of hydrogen-bond acceptors (Lipinski definition) is 4. The molecule has 3 aromatic rings. The lowest BCUT2D eigenvalue weighted by atomic mass is 10.0. The molecular formula is C21H18ClN3S. The van der Waals surface area contributed by atoms with Crippen molar-refractivity contribution in [2.24, 2.45) is 0 Å². The molecule has 130 valence electrons. The Balaban J connectivity index is 1.85. The molecule has 0 aliphatic rings. The van der Waals surface area contributed by atoms with Gasteiger partial charge in [0.2, 0.25) is 0 Å². The van der Waals surface area contributed by atoms with Gasteiger partial charge in [0.05, 0.1) is 5.69 Å². The number of benzene rings is 2. The van der Waals surface area contributed by atoms with E-state index in [1.807, 2.05) is 47.8 Å². The smallest absolute Gasteiger partial charge is 0.136 e. The maximum Gasteiger partial charge on any atom is 0.136 e. The predicted molar refractivity (Wildman–Crippen MR) is 110 cm³/mol. The van der Waals surface area contributed by atoms with Gasteiger partial charge in [-0.3, -0.25) is 0 Å². The third-order valence-electron chi connectivity index (χ3n) is 3.95. The number of thiazole rings is 1. The summed E-state index contributed by atoms with van der Waals surface area (Å²) < 4.78 is 0. The van der Waals surface area contributed by atoms with Gasteiger partial charge in [0.15, 0.2) is 0 Å². The summed E-state index contributed by atoms with van der Waals surface area (Å²) in [4.78, 5) is 4.60. The average Bonchev–Trinajstić information content (AvgIpc) is 3.13. The van der Waals surface area contributed by atoms with Gasteiger partial charge in [0.25, 0.3) is 0 Å². The standard InChI is InChI=1S/C21H18ClN3S/c1-14(2)18-5-3-4-6-19(18)24-12-16(11-23)21-25-20(13-26-21)15-7-9-17(22)10-8-15/h3-10,12-14,24H,1-2H3. The predicted octanol–water partition coefficient (Wildman–Crippen LogP) is 6.56. The molecule has 2 aromatic carbocycles. The van der Waals surface area contributed by atoms with Crippen LogP contribution in [0, 0.1) is 11.3 Å². The highest BCUT2D eigenvalue weighted by atomic mass is 35.5. The number of allylic oxidation sites excluding steroid dienone is 1. The number of nitrogens with zero attached hydrogens (tertiary/aromatic N) is 2. The lowest BCUT2D eigenvalue weighted by Crippen LogP contribution is -1.97. The fraction of sp³-hybridized carbons (Fsp3) is 0.143. The molecule has 3 nitrogen and oxygen atoms in total. The van der Waals surface area contributed by atoms with Crippen molar-refractivity contribution in [1.82, 2.24) is 4.98 Å². The summed E-state index contributed by atoms with van der Waals surface area (Å²) in [6.07, 6.45) is 1.73. The molecule has 0 spiro atoms. The minimum atomic E-state index is 0.397. The van der Waals surface area contributed by atoms with Crippen LogP contribution < -0.4 is 5.32 Å². The number of nitriles is 1. The number of hydrogen-bond donors (Lipinski definition) is 1. The Labute approximate surface area is 162 Å². The average molecular weight is 380 g/mol. The lowest BCUT2D eigenvalue weighted by Gasteiger charge is -2.12. The maximum absolute atomic E-state index is 9.54. The molecule has 0 bridgehead atoms. The number of para-hydroxylation sites is 1. The van der Waals surface area contributed by atoms with Crippen LogP contribution in [0.4, 0.5) is 5.69 Å². The van der Waals surface area contributed by atoms with Crippen LogP contribution in [0.5, 0.6) is 0 Å². The Morgan fingerprint density at radius 3 is 2.62 bits per heavy atom. The Bertz CT molecular complexity index is 965. The number of rotatable bonds is 5. The summed E-state index contributed by atoms with van der Waals surface area (Å²) in [5, 5.41) is 16.1. The number of anilines is 1. The van der Waals surface area contributed by atoms with Crippen LogP contribution in [0.3, 0.4) is 0 Å². The third-order valence-corrected chi connectivity index (χ3v) is 5.08. The largest absolute Gasteiger partial charge is 0.360 e. The molecule has 0 unspecified atom stereocenters. The van der Waals surface area contributed by atoms with Gasteiger partial charge in [0.1, 0.15) is 16.6 Å². The molecule has 0 fully saturated rings. The van der Waals surface area contributed by atoms with Gasteiger partial charge in [-0.05, 0) is 29.7 Å². The monoisotopic (exact) mass is 379 g/mol. The second-order valence-corrected chi connectivity index (χ2v) is 7.40. The van der Waals surface area contributed by atoms with Crippen LogP contribution in [0.25, 0.3) is 16.8 Å². The first kappa shape index (κ1) is 18.2. The van der Waals surface area contributed by atoms with Gasteiger partial charge >= 0.3 is 0 Å². The summed E-state index contributed by atoms with van der Waals surface area (Å²) >= 11 is 7.39.